The van der Waals surface area contributed by atoms with Crippen molar-refractivity contribution < 1.29 is 4.74 Å². The Morgan fingerprint density at radius 2 is 2.20 bits per heavy atom. The molecule has 1 aliphatic rings. The average Bonchev–Trinajstić information content (AvgIpc) is 2.22. The van der Waals surface area contributed by atoms with Gasteiger partial charge >= 0.3 is 0 Å². The molecule has 3 N–H and O–H groups in total. The van der Waals surface area contributed by atoms with E-state index in [0.29, 0.717) is 5.69 Å². The molecule has 1 unspecified atom stereocenters. The monoisotopic (exact) mass is 206 g/mol. The maximum Gasteiger partial charge on any atom is 0.143 e. The zero-order valence-electron chi connectivity index (χ0n) is 9.12. The summed E-state index contributed by atoms with van der Waals surface area (Å²) in [5, 5.41) is 3.35. The van der Waals surface area contributed by atoms with Crippen molar-refractivity contribution >= 4 is 5.69 Å². The molecule has 1 aliphatic heterocycles. The molecule has 0 amide bonds. The lowest BCUT2D eigenvalue weighted by Crippen LogP contribution is -2.47. The number of hydrogen-bond donors (Lipinski definition) is 2. The molecule has 1 aromatic carbocycles. The molecule has 0 saturated carbocycles. The maximum absolute atomic E-state index is 5.99. The minimum Gasteiger partial charge on any atom is -0.484 e. The van der Waals surface area contributed by atoms with Crippen molar-refractivity contribution in [1.82, 2.24) is 5.32 Å². The first-order valence-electron chi connectivity index (χ1n) is 5.44. The zero-order valence-corrected chi connectivity index (χ0v) is 9.12. The largest absolute Gasteiger partial charge is 0.484 e. The molecule has 3 heteroatoms. The van der Waals surface area contributed by atoms with E-state index in [2.05, 4.69) is 12.2 Å². The Morgan fingerprint density at radius 3 is 2.87 bits per heavy atom. The molecule has 1 fully saturated rings. The van der Waals surface area contributed by atoms with Crippen LogP contribution in [0.4, 0.5) is 5.69 Å². The predicted octanol–water partition coefficient (Wildman–Crippen LogP) is 1.79. The summed E-state index contributed by atoms with van der Waals surface area (Å²) in [7, 11) is 0. The summed E-state index contributed by atoms with van der Waals surface area (Å²) in [5.41, 5.74) is 6.45. The number of ether oxygens (including phenoxy) is 1. The normalized spacial score (nSPS) is 26.2. The standard InChI is InChI=1S/C12H18N2O/c1-12(7-4-8-14-9-12)15-11-6-3-2-5-10(11)13/h2-3,5-6,14H,4,7-9,13H2,1H3. The van der Waals surface area contributed by atoms with Crippen molar-refractivity contribution in [3.05, 3.63) is 24.3 Å². The molecule has 0 spiro atoms. The van der Waals surface area contributed by atoms with Crippen LogP contribution in [0, 0.1) is 0 Å². The van der Waals surface area contributed by atoms with Crippen LogP contribution < -0.4 is 15.8 Å². The number of nitrogens with one attached hydrogen (secondary N) is 1. The molecule has 0 bridgehead atoms. The second-order valence-electron chi connectivity index (χ2n) is 4.37. The number of anilines is 1. The molecule has 3 nitrogen and oxygen atoms in total. The lowest BCUT2D eigenvalue weighted by atomic mass is 9.96. The minimum absolute atomic E-state index is 0.117. The second kappa shape index (κ2) is 4.11. The first-order chi connectivity index (χ1) is 7.20. The van der Waals surface area contributed by atoms with Gasteiger partial charge < -0.3 is 15.8 Å². The Hall–Kier alpha value is -1.22. The van der Waals surface area contributed by atoms with Crippen LogP contribution in [0.5, 0.6) is 5.75 Å². The zero-order chi connectivity index (χ0) is 10.7. The molecule has 15 heavy (non-hydrogen) atoms. The van der Waals surface area contributed by atoms with Gasteiger partial charge in [0.05, 0.1) is 5.69 Å². The fraction of sp³-hybridized carbons (Fsp3) is 0.500. The maximum atomic E-state index is 5.99. The minimum atomic E-state index is -0.117. The summed E-state index contributed by atoms with van der Waals surface area (Å²) in [5.74, 6) is 0.795. The number of benzene rings is 1. The number of hydrogen-bond acceptors (Lipinski definition) is 3. The molecule has 82 valence electrons. The van der Waals surface area contributed by atoms with Gasteiger partial charge in [-0.2, -0.15) is 0 Å². The molecule has 0 radical (unpaired) electrons. The fourth-order valence-corrected chi connectivity index (χ4v) is 1.95. The van der Waals surface area contributed by atoms with Gasteiger partial charge in [0.2, 0.25) is 0 Å². The number of para-hydroxylation sites is 2. The van der Waals surface area contributed by atoms with E-state index in [4.69, 9.17) is 10.5 Å². The first kappa shape index (κ1) is 10.3. The summed E-state index contributed by atoms with van der Waals surface area (Å²) < 4.78 is 5.99. The van der Waals surface area contributed by atoms with Gasteiger partial charge in [-0.3, -0.25) is 0 Å². The van der Waals surface area contributed by atoms with Crippen molar-refractivity contribution in [2.45, 2.75) is 25.4 Å². The van der Waals surface area contributed by atoms with Crippen LogP contribution in [0.1, 0.15) is 19.8 Å². The van der Waals surface area contributed by atoms with E-state index < -0.39 is 0 Å². The molecular formula is C12H18N2O. The Balaban J connectivity index is 2.10. The fourth-order valence-electron chi connectivity index (χ4n) is 1.95. The third kappa shape index (κ3) is 2.42. The van der Waals surface area contributed by atoms with Gasteiger partial charge in [0, 0.05) is 6.54 Å². The Labute approximate surface area is 90.6 Å². The second-order valence-corrected chi connectivity index (χ2v) is 4.37. The van der Waals surface area contributed by atoms with Crippen LogP contribution in [-0.4, -0.2) is 18.7 Å². The molecule has 0 aromatic heterocycles. The topological polar surface area (TPSA) is 47.3 Å². The van der Waals surface area contributed by atoms with E-state index in [1.54, 1.807) is 0 Å². The summed E-state index contributed by atoms with van der Waals surface area (Å²) >= 11 is 0. The number of rotatable bonds is 2. The van der Waals surface area contributed by atoms with Crippen LogP contribution in [0.2, 0.25) is 0 Å². The number of piperidine rings is 1. The lowest BCUT2D eigenvalue weighted by Gasteiger charge is -2.35. The molecule has 2 rings (SSSR count). The van der Waals surface area contributed by atoms with Crippen LogP contribution in [0.3, 0.4) is 0 Å². The molecule has 1 atom stereocenters. The Kier molecular flexibility index (Phi) is 2.82. The quantitative estimate of drug-likeness (QED) is 0.725. The van der Waals surface area contributed by atoms with Gasteiger partial charge in [-0.15, -0.1) is 0 Å². The van der Waals surface area contributed by atoms with Crippen LogP contribution in [0.25, 0.3) is 0 Å². The summed E-state index contributed by atoms with van der Waals surface area (Å²) in [6, 6.07) is 7.67. The highest BCUT2D eigenvalue weighted by Crippen LogP contribution is 2.28. The summed E-state index contributed by atoms with van der Waals surface area (Å²) in [6.45, 7) is 4.11. The van der Waals surface area contributed by atoms with E-state index >= 15 is 0 Å². The summed E-state index contributed by atoms with van der Waals surface area (Å²) in [4.78, 5) is 0. The van der Waals surface area contributed by atoms with Gasteiger partial charge in [-0.25, -0.2) is 0 Å². The van der Waals surface area contributed by atoms with Crippen molar-refractivity contribution in [3.8, 4) is 5.75 Å². The molecule has 0 aliphatic carbocycles. The molecule has 1 heterocycles. The average molecular weight is 206 g/mol. The summed E-state index contributed by atoms with van der Waals surface area (Å²) in [6.07, 6.45) is 2.23. The highest BCUT2D eigenvalue weighted by Gasteiger charge is 2.29. The number of nitrogens with two attached hydrogens (primary N) is 1. The van der Waals surface area contributed by atoms with E-state index in [0.717, 1.165) is 31.7 Å². The van der Waals surface area contributed by atoms with Gasteiger partial charge in [-0.1, -0.05) is 12.1 Å². The van der Waals surface area contributed by atoms with Crippen molar-refractivity contribution in [2.75, 3.05) is 18.8 Å². The molecule has 1 saturated heterocycles. The van der Waals surface area contributed by atoms with Gasteiger partial charge in [-0.05, 0) is 38.4 Å². The third-order valence-electron chi connectivity index (χ3n) is 2.83. The van der Waals surface area contributed by atoms with Crippen molar-refractivity contribution in [3.63, 3.8) is 0 Å². The Morgan fingerprint density at radius 1 is 1.40 bits per heavy atom. The van der Waals surface area contributed by atoms with Crippen LogP contribution >= 0.6 is 0 Å². The van der Waals surface area contributed by atoms with E-state index in [9.17, 15) is 0 Å². The van der Waals surface area contributed by atoms with Gasteiger partial charge in [0.1, 0.15) is 11.4 Å². The van der Waals surface area contributed by atoms with E-state index in [-0.39, 0.29) is 5.60 Å². The predicted molar refractivity (Wildman–Crippen MR) is 62.0 cm³/mol. The van der Waals surface area contributed by atoms with Crippen molar-refractivity contribution in [2.24, 2.45) is 0 Å². The number of nitrogen functional groups attached to an aromatic ring is 1. The third-order valence-corrected chi connectivity index (χ3v) is 2.83. The molecular weight excluding hydrogens is 188 g/mol. The smallest absolute Gasteiger partial charge is 0.143 e. The Bertz CT molecular complexity index is 332. The lowest BCUT2D eigenvalue weighted by molar-refractivity contribution is 0.0622. The SMILES string of the molecule is CC1(Oc2ccccc2N)CCCNC1. The molecule has 1 aromatic rings. The first-order valence-corrected chi connectivity index (χ1v) is 5.44. The van der Waals surface area contributed by atoms with Gasteiger partial charge in [0.15, 0.2) is 0 Å². The van der Waals surface area contributed by atoms with Crippen LogP contribution in [0.15, 0.2) is 24.3 Å². The van der Waals surface area contributed by atoms with E-state index in [1.165, 1.54) is 0 Å². The van der Waals surface area contributed by atoms with Crippen molar-refractivity contribution in [1.29, 1.82) is 0 Å². The van der Waals surface area contributed by atoms with Gasteiger partial charge in [0.25, 0.3) is 0 Å². The van der Waals surface area contributed by atoms with E-state index in [1.807, 2.05) is 24.3 Å². The highest BCUT2D eigenvalue weighted by molar-refractivity contribution is 5.52. The van der Waals surface area contributed by atoms with Crippen LogP contribution in [-0.2, 0) is 0 Å². The highest BCUT2D eigenvalue weighted by atomic mass is 16.5.